The number of hydrogen-bond acceptors (Lipinski definition) is 3. The highest BCUT2D eigenvalue weighted by Gasteiger charge is 2.19. The lowest BCUT2D eigenvalue weighted by molar-refractivity contribution is 0.103. The van der Waals surface area contributed by atoms with Crippen molar-refractivity contribution in [2.24, 2.45) is 0 Å². The number of sulfonamides is 1. The standard InChI is InChI=1S/C32H48BrNO3S/c1-3-4-5-6-7-8-9-10-11-12-13-14-15-16-17-18-25-34-38(36,37)31-26-29(20-19-27(31)2)32(35)28-21-23-30(33)24-22-28/h19-24,26,34H,3-18,25H2,1-2H3. The van der Waals surface area contributed by atoms with Crippen LogP contribution in [0.5, 0.6) is 0 Å². The molecule has 0 bridgehead atoms. The van der Waals surface area contributed by atoms with Crippen molar-refractivity contribution in [2.45, 2.75) is 121 Å². The zero-order chi connectivity index (χ0) is 27.6. The van der Waals surface area contributed by atoms with Gasteiger partial charge in [0.2, 0.25) is 10.0 Å². The van der Waals surface area contributed by atoms with Crippen molar-refractivity contribution in [2.75, 3.05) is 6.54 Å². The van der Waals surface area contributed by atoms with E-state index >= 15 is 0 Å². The van der Waals surface area contributed by atoms with E-state index in [9.17, 15) is 13.2 Å². The Labute approximate surface area is 240 Å². The lowest BCUT2D eigenvalue weighted by Crippen LogP contribution is -2.25. The minimum Gasteiger partial charge on any atom is -0.289 e. The predicted octanol–water partition coefficient (Wildman–Crippen LogP) is 9.53. The summed E-state index contributed by atoms with van der Waals surface area (Å²) in [5, 5.41) is 0. The van der Waals surface area contributed by atoms with Gasteiger partial charge in [-0.2, -0.15) is 0 Å². The molecule has 0 saturated heterocycles. The summed E-state index contributed by atoms with van der Waals surface area (Å²) in [6.45, 7) is 4.45. The van der Waals surface area contributed by atoms with Crippen LogP contribution in [0.25, 0.3) is 0 Å². The van der Waals surface area contributed by atoms with Crippen molar-refractivity contribution >= 4 is 31.7 Å². The Kier molecular flexibility index (Phi) is 16.1. The maximum atomic E-state index is 12.9. The molecule has 0 aliphatic carbocycles. The van der Waals surface area contributed by atoms with Crippen molar-refractivity contribution in [3.05, 3.63) is 63.6 Å². The van der Waals surface area contributed by atoms with Gasteiger partial charge in [0.25, 0.3) is 0 Å². The predicted molar refractivity (Wildman–Crippen MR) is 163 cm³/mol. The first-order valence-electron chi connectivity index (χ1n) is 14.8. The molecule has 0 aromatic heterocycles. The minimum absolute atomic E-state index is 0.178. The zero-order valence-electron chi connectivity index (χ0n) is 23.6. The van der Waals surface area contributed by atoms with Crippen LogP contribution >= 0.6 is 15.9 Å². The van der Waals surface area contributed by atoms with Gasteiger partial charge >= 0.3 is 0 Å². The van der Waals surface area contributed by atoms with Gasteiger partial charge < -0.3 is 0 Å². The summed E-state index contributed by atoms with van der Waals surface area (Å²) in [7, 11) is -3.67. The summed E-state index contributed by atoms with van der Waals surface area (Å²) in [4.78, 5) is 13.0. The van der Waals surface area contributed by atoms with E-state index in [2.05, 4.69) is 27.6 Å². The van der Waals surface area contributed by atoms with E-state index in [0.717, 1.165) is 23.7 Å². The number of halogens is 1. The van der Waals surface area contributed by atoms with Crippen LogP contribution in [0.4, 0.5) is 0 Å². The van der Waals surface area contributed by atoms with E-state index in [-0.39, 0.29) is 10.7 Å². The Morgan fingerprint density at radius 2 is 1.13 bits per heavy atom. The topological polar surface area (TPSA) is 63.2 Å². The van der Waals surface area contributed by atoms with Gasteiger partial charge in [-0.05, 0) is 49.2 Å². The lowest BCUT2D eigenvalue weighted by Gasteiger charge is -2.11. The Morgan fingerprint density at radius 3 is 1.63 bits per heavy atom. The van der Waals surface area contributed by atoms with Crippen molar-refractivity contribution in [3.63, 3.8) is 0 Å². The summed E-state index contributed by atoms with van der Waals surface area (Å²) in [5.74, 6) is -0.188. The third kappa shape index (κ3) is 12.6. The van der Waals surface area contributed by atoms with Crippen LogP contribution in [-0.2, 0) is 10.0 Å². The van der Waals surface area contributed by atoms with Crippen LogP contribution < -0.4 is 4.72 Å². The second kappa shape index (κ2) is 18.7. The summed E-state index contributed by atoms with van der Waals surface area (Å²) >= 11 is 3.37. The van der Waals surface area contributed by atoms with E-state index in [1.807, 2.05) is 0 Å². The molecule has 2 aromatic rings. The highest BCUT2D eigenvalue weighted by atomic mass is 79.9. The van der Waals surface area contributed by atoms with E-state index in [0.29, 0.717) is 23.2 Å². The number of nitrogens with one attached hydrogen (secondary N) is 1. The summed E-state index contributed by atoms with van der Waals surface area (Å²) in [6.07, 6.45) is 20.7. The van der Waals surface area contributed by atoms with Crippen molar-refractivity contribution < 1.29 is 13.2 Å². The first kappa shape index (κ1) is 32.7. The van der Waals surface area contributed by atoms with Crippen LogP contribution in [0.3, 0.4) is 0 Å². The fraction of sp³-hybridized carbons (Fsp3) is 0.594. The van der Waals surface area contributed by atoms with Crippen LogP contribution in [0, 0.1) is 6.92 Å². The average Bonchev–Trinajstić information content (AvgIpc) is 2.90. The zero-order valence-corrected chi connectivity index (χ0v) is 26.0. The molecule has 2 rings (SSSR count). The van der Waals surface area contributed by atoms with Gasteiger partial charge in [-0.1, -0.05) is 131 Å². The second-order valence-electron chi connectivity index (χ2n) is 10.5. The fourth-order valence-electron chi connectivity index (χ4n) is 4.76. The minimum atomic E-state index is -3.67. The molecule has 4 nitrogen and oxygen atoms in total. The molecule has 0 amide bonds. The van der Waals surface area contributed by atoms with E-state index < -0.39 is 10.0 Å². The van der Waals surface area contributed by atoms with Gasteiger partial charge in [-0.25, -0.2) is 13.1 Å². The number of benzene rings is 2. The number of unbranched alkanes of at least 4 members (excludes halogenated alkanes) is 15. The normalized spacial score (nSPS) is 11.7. The summed E-state index contributed by atoms with van der Waals surface area (Å²) in [5.41, 5.74) is 1.54. The van der Waals surface area contributed by atoms with Crippen LogP contribution in [0.1, 0.15) is 131 Å². The number of hydrogen-bond donors (Lipinski definition) is 1. The van der Waals surface area contributed by atoms with Gasteiger partial charge in [0.05, 0.1) is 4.90 Å². The molecule has 6 heteroatoms. The molecule has 0 atom stereocenters. The van der Waals surface area contributed by atoms with E-state index in [1.54, 1.807) is 43.3 Å². The van der Waals surface area contributed by atoms with E-state index in [1.165, 1.54) is 89.5 Å². The third-order valence-electron chi connectivity index (χ3n) is 7.17. The monoisotopic (exact) mass is 605 g/mol. The number of carbonyl (C=O) groups is 1. The molecule has 0 aliphatic heterocycles. The third-order valence-corrected chi connectivity index (χ3v) is 9.30. The Balaban J connectivity index is 1.59. The number of ketones is 1. The molecular formula is C32H48BrNO3S. The van der Waals surface area contributed by atoms with Crippen LogP contribution in [0.15, 0.2) is 51.8 Å². The molecule has 0 radical (unpaired) electrons. The van der Waals surface area contributed by atoms with Gasteiger partial charge in [0.1, 0.15) is 0 Å². The maximum absolute atomic E-state index is 12.9. The SMILES string of the molecule is CCCCCCCCCCCCCCCCCCNS(=O)(=O)c1cc(C(=O)c2ccc(Br)cc2)ccc1C. The fourth-order valence-corrected chi connectivity index (χ4v) is 6.36. The van der Waals surface area contributed by atoms with Gasteiger partial charge in [0, 0.05) is 22.1 Å². The second-order valence-corrected chi connectivity index (χ2v) is 13.2. The first-order valence-corrected chi connectivity index (χ1v) is 17.0. The van der Waals surface area contributed by atoms with E-state index in [4.69, 9.17) is 0 Å². The van der Waals surface area contributed by atoms with Gasteiger partial charge in [0.15, 0.2) is 5.78 Å². The van der Waals surface area contributed by atoms with Crippen molar-refractivity contribution in [3.8, 4) is 0 Å². The molecule has 0 spiro atoms. The summed E-state index contributed by atoms with van der Waals surface area (Å²) < 4.78 is 29.5. The number of aryl methyl sites for hydroxylation is 1. The molecule has 0 fully saturated rings. The molecule has 2 aromatic carbocycles. The van der Waals surface area contributed by atoms with Crippen molar-refractivity contribution in [1.29, 1.82) is 0 Å². The molecular weight excluding hydrogens is 558 g/mol. The van der Waals surface area contributed by atoms with Crippen molar-refractivity contribution in [1.82, 2.24) is 4.72 Å². The molecule has 212 valence electrons. The first-order chi connectivity index (χ1) is 18.3. The largest absolute Gasteiger partial charge is 0.289 e. The molecule has 38 heavy (non-hydrogen) atoms. The Bertz CT molecular complexity index is 1050. The molecule has 0 heterocycles. The maximum Gasteiger partial charge on any atom is 0.240 e. The van der Waals surface area contributed by atoms with Gasteiger partial charge in [-0.3, -0.25) is 4.79 Å². The Morgan fingerprint density at radius 1 is 0.684 bits per heavy atom. The van der Waals surface area contributed by atoms with Crippen LogP contribution in [-0.4, -0.2) is 20.7 Å². The Hall–Kier alpha value is -1.50. The lowest BCUT2D eigenvalue weighted by atomic mass is 10.0. The number of carbonyl (C=O) groups excluding carboxylic acids is 1. The molecule has 1 N–H and O–H groups in total. The molecule has 0 aliphatic rings. The molecule has 0 saturated carbocycles. The highest BCUT2D eigenvalue weighted by Crippen LogP contribution is 2.21. The highest BCUT2D eigenvalue weighted by molar-refractivity contribution is 9.10. The molecule has 0 unspecified atom stereocenters. The summed E-state index contributed by atoms with van der Waals surface area (Å²) in [6, 6.07) is 12.0. The van der Waals surface area contributed by atoms with Crippen LogP contribution in [0.2, 0.25) is 0 Å². The van der Waals surface area contributed by atoms with Gasteiger partial charge in [-0.15, -0.1) is 0 Å². The average molecular weight is 607 g/mol. The number of rotatable bonds is 21. The smallest absolute Gasteiger partial charge is 0.240 e. The quantitative estimate of drug-likeness (QED) is 0.114.